The third-order valence-corrected chi connectivity index (χ3v) is 3.06. The molecule has 2 aliphatic heterocycles. The summed E-state index contributed by atoms with van der Waals surface area (Å²) in [4.78, 5) is 11.3. The number of hydrogen-bond acceptors (Lipinski definition) is 4. The van der Waals surface area contributed by atoms with Gasteiger partial charge < -0.3 is 14.8 Å². The van der Waals surface area contributed by atoms with E-state index >= 15 is 0 Å². The number of ether oxygens (including phenoxy) is 2. The van der Waals surface area contributed by atoms with Crippen molar-refractivity contribution in [1.82, 2.24) is 5.32 Å². The fourth-order valence-corrected chi connectivity index (χ4v) is 2.27. The molecule has 0 aromatic rings. The van der Waals surface area contributed by atoms with E-state index in [-0.39, 0.29) is 23.5 Å². The lowest BCUT2D eigenvalue weighted by molar-refractivity contribution is -0.151. The second-order valence-electron chi connectivity index (χ2n) is 4.03. The van der Waals surface area contributed by atoms with E-state index in [4.69, 9.17) is 9.47 Å². The Bertz CT molecular complexity index is 231. The van der Waals surface area contributed by atoms with Crippen LogP contribution < -0.4 is 5.32 Å². The summed E-state index contributed by atoms with van der Waals surface area (Å²) < 4.78 is 10.2. The molecule has 4 heteroatoms. The minimum atomic E-state index is -0.163. The topological polar surface area (TPSA) is 47.6 Å². The molecule has 0 unspecified atom stereocenters. The normalized spacial score (nSPS) is 43.2. The number of nitrogens with one attached hydrogen (secondary N) is 1. The van der Waals surface area contributed by atoms with Crippen LogP contribution in [0.1, 0.15) is 13.3 Å². The first-order valence-electron chi connectivity index (χ1n) is 4.61. The van der Waals surface area contributed by atoms with Crippen LogP contribution in [0.2, 0.25) is 0 Å². The van der Waals surface area contributed by atoms with Crippen molar-refractivity contribution in [2.45, 2.75) is 25.5 Å². The molecule has 0 aromatic carbocycles. The highest BCUT2D eigenvalue weighted by molar-refractivity contribution is 5.78. The van der Waals surface area contributed by atoms with Gasteiger partial charge in [0.15, 0.2) is 0 Å². The Hall–Kier alpha value is -0.610. The first-order valence-corrected chi connectivity index (χ1v) is 4.61. The maximum Gasteiger partial charge on any atom is 0.323 e. The molecule has 74 valence electrons. The number of rotatable bonds is 1. The van der Waals surface area contributed by atoms with E-state index < -0.39 is 0 Å². The van der Waals surface area contributed by atoms with Gasteiger partial charge in [-0.25, -0.2) is 0 Å². The van der Waals surface area contributed by atoms with E-state index in [0.29, 0.717) is 6.61 Å². The summed E-state index contributed by atoms with van der Waals surface area (Å²) in [6.07, 6.45) is 1.23. The zero-order chi connectivity index (χ0) is 9.47. The van der Waals surface area contributed by atoms with E-state index in [9.17, 15) is 4.79 Å². The molecule has 0 aromatic heterocycles. The second-order valence-corrected chi connectivity index (χ2v) is 4.03. The Labute approximate surface area is 77.6 Å². The number of carbonyl (C=O) groups is 1. The molecular weight excluding hydrogens is 170 g/mol. The quantitative estimate of drug-likeness (QED) is 0.581. The summed E-state index contributed by atoms with van der Waals surface area (Å²) in [6, 6.07) is -0.151. The smallest absolute Gasteiger partial charge is 0.323 e. The molecule has 13 heavy (non-hydrogen) atoms. The zero-order valence-corrected chi connectivity index (χ0v) is 8.00. The highest BCUT2D eigenvalue weighted by Gasteiger charge is 2.55. The molecular formula is C9H15NO3. The van der Waals surface area contributed by atoms with E-state index in [0.717, 1.165) is 13.0 Å². The molecule has 1 N–H and O–H groups in total. The molecule has 0 saturated carbocycles. The minimum absolute atomic E-state index is 0.0203. The zero-order valence-electron chi connectivity index (χ0n) is 8.00. The van der Waals surface area contributed by atoms with Gasteiger partial charge in [-0.1, -0.05) is 0 Å². The van der Waals surface area contributed by atoms with Gasteiger partial charge in [-0.15, -0.1) is 0 Å². The van der Waals surface area contributed by atoms with Crippen molar-refractivity contribution in [3.05, 3.63) is 0 Å². The Kier molecular flexibility index (Phi) is 2.04. The average molecular weight is 185 g/mol. The summed E-state index contributed by atoms with van der Waals surface area (Å²) >= 11 is 0. The van der Waals surface area contributed by atoms with Crippen LogP contribution in [0.4, 0.5) is 0 Å². The summed E-state index contributed by atoms with van der Waals surface area (Å²) in [7, 11) is 1.43. The fourth-order valence-electron chi connectivity index (χ4n) is 2.27. The van der Waals surface area contributed by atoms with E-state index in [2.05, 4.69) is 5.32 Å². The number of methoxy groups -OCH3 is 1. The molecule has 2 fully saturated rings. The largest absolute Gasteiger partial charge is 0.468 e. The lowest BCUT2D eigenvalue weighted by Gasteiger charge is -2.44. The first-order chi connectivity index (χ1) is 6.18. The van der Waals surface area contributed by atoms with Crippen LogP contribution in [0.25, 0.3) is 0 Å². The SMILES string of the molecule is COC(=O)[C@@H]1NC[C@]12CO[C@@H](C)C2. The van der Waals surface area contributed by atoms with Crippen molar-refractivity contribution in [1.29, 1.82) is 0 Å². The highest BCUT2D eigenvalue weighted by atomic mass is 16.5. The summed E-state index contributed by atoms with van der Waals surface area (Å²) in [5.74, 6) is -0.163. The number of esters is 1. The van der Waals surface area contributed by atoms with Gasteiger partial charge in [-0.05, 0) is 13.3 Å². The molecule has 4 nitrogen and oxygen atoms in total. The van der Waals surface area contributed by atoms with Crippen LogP contribution >= 0.6 is 0 Å². The standard InChI is InChI=1S/C9H15NO3/c1-6-3-9(5-13-6)4-10-7(9)8(11)12-2/h6-7,10H,3-5H2,1-2H3/t6-,7-,9+/m0/s1. The van der Waals surface area contributed by atoms with Crippen molar-refractivity contribution < 1.29 is 14.3 Å². The number of hydrogen-bond donors (Lipinski definition) is 1. The second kappa shape index (κ2) is 2.96. The molecule has 2 saturated heterocycles. The molecule has 1 spiro atoms. The van der Waals surface area contributed by atoms with Crippen LogP contribution in [-0.2, 0) is 14.3 Å². The lowest BCUT2D eigenvalue weighted by Crippen LogP contribution is -2.66. The van der Waals surface area contributed by atoms with Crippen LogP contribution in [-0.4, -0.2) is 38.4 Å². The van der Waals surface area contributed by atoms with Crippen LogP contribution in [0.3, 0.4) is 0 Å². The molecule has 0 radical (unpaired) electrons. The van der Waals surface area contributed by atoms with Crippen molar-refractivity contribution in [3.8, 4) is 0 Å². The van der Waals surface area contributed by atoms with Crippen LogP contribution in [0, 0.1) is 5.41 Å². The molecule has 3 atom stereocenters. The van der Waals surface area contributed by atoms with Gasteiger partial charge >= 0.3 is 5.97 Å². The van der Waals surface area contributed by atoms with Gasteiger partial charge in [0.05, 0.1) is 19.8 Å². The van der Waals surface area contributed by atoms with Crippen LogP contribution in [0.15, 0.2) is 0 Å². The Balaban J connectivity index is 2.04. The van der Waals surface area contributed by atoms with Gasteiger partial charge in [0.25, 0.3) is 0 Å². The monoisotopic (exact) mass is 185 g/mol. The average Bonchev–Trinajstić information content (AvgIpc) is 2.48. The molecule has 2 rings (SSSR count). The summed E-state index contributed by atoms with van der Waals surface area (Å²) in [5.41, 5.74) is 0.0203. The van der Waals surface area contributed by atoms with Gasteiger partial charge in [0.2, 0.25) is 0 Å². The summed E-state index contributed by atoms with van der Waals surface area (Å²) in [6.45, 7) is 3.60. The predicted octanol–water partition coefficient (Wildman–Crippen LogP) is -0.0736. The van der Waals surface area contributed by atoms with Crippen LogP contribution in [0.5, 0.6) is 0 Å². The van der Waals surface area contributed by atoms with Gasteiger partial charge in [-0.2, -0.15) is 0 Å². The van der Waals surface area contributed by atoms with E-state index in [1.54, 1.807) is 0 Å². The van der Waals surface area contributed by atoms with E-state index in [1.165, 1.54) is 7.11 Å². The Morgan fingerprint density at radius 1 is 1.69 bits per heavy atom. The maximum atomic E-state index is 11.3. The third kappa shape index (κ3) is 1.25. The van der Waals surface area contributed by atoms with Crippen molar-refractivity contribution in [2.24, 2.45) is 5.41 Å². The van der Waals surface area contributed by atoms with Gasteiger partial charge in [0, 0.05) is 12.0 Å². The molecule has 0 aliphatic carbocycles. The predicted molar refractivity (Wildman–Crippen MR) is 46.3 cm³/mol. The molecule has 0 bridgehead atoms. The molecule has 0 amide bonds. The maximum absolute atomic E-state index is 11.3. The Morgan fingerprint density at radius 3 is 2.85 bits per heavy atom. The number of carbonyl (C=O) groups excluding carboxylic acids is 1. The fraction of sp³-hybridized carbons (Fsp3) is 0.889. The van der Waals surface area contributed by atoms with Crippen molar-refractivity contribution in [3.63, 3.8) is 0 Å². The highest BCUT2D eigenvalue weighted by Crippen LogP contribution is 2.41. The van der Waals surface area contributed by atoms with Gasteiger partial charge in [-0.3, -0.25) is 4.79 Å². The van der Waals surface area contributed by atoms with Gasteiger partial charge in [0.1, 0.15) is 6.04 Å². The third-order valence-electron chi connectivity index (χ3n) is 3.06. The van der Waals surface area contributed by atoms with Crippen molar-refractivity contribution in [2.75, 3.05) is 20.3 Å². The Morgan fingerprint density at radius 2 is 2.46 bits per heavy atom. The molecule has 2 aliphatic rings. The van der Waals surface area contributed by atoms with Crippen molar-refractivity contribution >= 4 is 5.97 Å². The molecule has 2 heterocycles. The summed E-state index contributed by atoms with van der Waals surface area (Å²) in [5, 5.41) is 3.09. The lowest BCUT2D eigenvalue weighted by atomic mass is 9.72. The first kappa shape index (κ1) is 8.97. The minimum Gasteiger partial charge on any atom is -0.468 e. The van der Waals surface area contributed by atoms with E-state index in [1.807, 2.05) is 6.92 Å².